The van der Waals surface area contributed by atoms with Crippen LogP contribution in [0.3, 0.4) is 0 Å². The van der Waals surface area contributed by atoms with Crippen molar-refractivity contribution < 1.29 is 4.39 Å². The molecule has 4 heteroatoms. The lowest BCUT2D eigenvalue weighted by Crippen LogP contribution is -2.36. The first kappa shape index (κ1) is 13.4. The van der Waals surface area contributed by atoms with Crippen LogP contribution in [0.2, 0.25) is 0 Å². The van der Waals surface area contributed by atoms with E-state index in [0.29, 0.717) is 11.3 Å². The number of hydrogen-bond acceptors (Lipinski definition) is 2. The third-order valence-corrected chi connectivity index (χ3v) is 5.49. The maximum atomic E-state index is 13.0. The maximum absolute atomic E-state index is 13.0. The lowest BCUT2D eigenvalue weighted by molar-refractivity contribution is 0.522. The summed E-state index contributed by atoms with van der Waals surface area (Å²) < 4.78 is 13.9. The molecule has 1 N–H and O–H groups in total. The van der Waals surface area contributed by atoms with Gasteiger partial charge in [-0.1, -0.05) is 22.0 Å². The lowest BCUT2D eigenvalue weighted by Gasteiger charge is -2.22. The first-order chi connectivity index (χ1) is 8.20. The third-order valence-electron chi connectivity index (χ3n) is 3.24. The van der Waals surface area contributed by atoms with Crippen LogP contribution in [-0.4, -0.2) is 24.1 Å². The Balaban J connectivity index is 2.06. The Morgan fingerprint density at radius 3 is 3.00 bits per heavy atom. The van der Waals surface area contributed by atoms with Crippen molar-refractivity contribution in [3.05, 3.63) is 34.1 Å². The molecule has 1 aliphatic rings. The predicted molar refractivity (Wildman–Crippen MR) is 76.1 cm³/mol. The molecule has 0 saturated carbocycles. The Morgan fingerprint density at radius 2 is 2.41 bits per heavy atom. The van der Waals surface area contributed by atoms with Gasteiger partial charge < -0.3 is 5.32 Å². The molecule has 1 fully saturated rings. The number of hydrogen-bond donors (Lipinski definition) is 1. The first-order valence-electron chi connectivity index (χ1n) is 5.93. The molecule has 1 saturated heterocycles. The van der Waals surface area contributed by atoms with Crippen LogP contribution < -0.4 is 5.32 Å². The molecule has 1 nitrogen and oxygen atoms in total. The Morgan fingerprint density at radius 1 is 1.59 bits per heavy atom. The number of rotatable bonds is 4. The van der Waals surface area contributed by atoms with Gasteiger partial charge in [0.2, 0.25) is 0 Å². The Labute approximate surface area is 115 Å². The van der Waals surface area contributed by atoms with Gasteiger partial charge in [0.05, 0.1) is 0 Å². The number of thioether (sulfide) groups is 1. The van der Waals surface area contributed by atoms with Gasteiger partial charge in [-0.15, -0.1) is 0 Å². The molecule has 94 valence electrons. The number of nitrogens with one attached hydrogen (secondary N) is 1. The molecular weight excluding hydrogens is 301 g/mol. The molecule has 0 amide bonds. The minimum absolute atomic E-state index is 0.183. The molecule has 0 bridgehead atoms. The summed E-state index contributed by atoms with van der Waals surface area (Å²) in [7, 11) is 2.01. The average Bonchev–Trinajstić information content (AvgIpc) is 2.81. The zero-order valence-corrected chi connectivity index (χ0v) is 12.3. The minimum atomic E-state index is -0.183. The van der Waals surface area contributed by atoms with Crippen molar-refractivity contribution in [2.24, 2.45) is 0 Å². The van der Waals surface area contributed by atoms with Gasteiger partial charge in [0.25, 0.3) is 0 Å². The highest BCUT2D eigenvalue weighted by atomic mass is 79.9. The summed E-state index contributed by atoms with van der Waals surface area (Å²) in [4.78, 5) is 0. The molecule has 2 unspecified atom stereocenters. The lowest BCUT2D eigenvalue weighted by atomic mass is 10.0. The Hall–Kier alpha value is -0.0600. The topological polar surface area (TPSA) is 12.0 Å². The molecule has 1 aliphatic heterocycles. The van der Waals surface area contributed by atoms with Crippen LogP contribution in [0.25, 0.3) is 0 Å². The van der Waals surface area contributed by atoms with Crippen molar-refractivity contribution in [3.63, 3.8) is 0 Å². The van der Waals surface area contributed by atoms with Gasteiger partial charge in [0.15, 0.2) is 0 Å². The molecule has 1 aromatic rings. The van der Waals surface area contributed by atoms with Crippen LogP contribution in [0.4, 0.5) is 4.39 Å². The molecule has 0 spiro atoms. The molecule has 1 heterocycles. The van der Waals surface area contributed by atoms with E-state index in [4.69, 9.17) is 0 Å². The van der Waals surface area contributed by atoms with Crippen molar-refractivity contribution in [2.45, 2.75) is 30.6 Å². The molecule has 0 radical (unpaired) electrons. The summed E-state index contributed by atoms with van der Waals surface area (Å²) in [6, 6.07) is 5.44. The van der Waals surface area contributed by atoms with Crippen LogP contribution >= 0.6 is 27.7 Å². The second-order valence-electron chi connectivity index (χ2n) is 4.39. The number of likely N-dealkylation sites (N-methyl/N-ethyl adjacent to an activating group) is 1. The minimum Gasteiger partial charge on any atom is -0.316 e. The monoisotopic (exact) mass is 317 g/mol. The van der Waals surface area contributed by atoms with E-state index in [1.54, 1.807) is 6.07 Å². The molecule has 17 heavy (non-hydrogen) atoms. The fraction of sp³-hybridized carbons (Fsp3) is 0.538. The normalized spacial score (nSPS) is 21.7. The second-order valence-corrected chi connectivity index (χ2v) is 6.59. The van der Waals surface area contributed by atoms with Crippen LogP contribution in [0.5, 0.6) is 0 Å². The molecular formula is C13H17BrFNS. The van der Waals surface area contributed by atoms with Crippen LogP contribution in [0, 0.1) is 5.82 Å². The van der Waals surface area contributed by atoms with E-state index in [1.165, 1.54) is 30.2 Å². The fourth-order valence-electron chi connectivity index (χ4n) is 2.26. The van der Waals surface area contributed by atoms with E-state index in [1.807, 2.05) is 13.1 Å². The standard InChI is InChI=1S/C13H17BrFNS/c1-16-12(13-3-2-6-17-13)7-9-4-5-10(15)8-11(9)14/h4-5,8,12-13,16H,2-3,6-7H2,1H3. The van der Waals surface area contributed by atoms with Gasteiger partial charge in [-0.3, -0.25) is 0 Å². The van der Waals surface area contributed by atoms with E-state index in [-0.39, 0.29) is 5.82 Å². The van der Waals surface area contributed by atoms with E-state index < -0.39 is 0 Å². The van der Waals surface area contributed by atoms with Gasteiger partial charge in [-0.05, 0) is 49.8 Å². The summed E-state index contributed by atoms with van der Waals surface area (Å²) in [5.74, 6) is 1.09. The summed E-state index contributed by atoms with van der Waals surface area (Å²) in [5.41, 5.74) is 1.18. The summed E-state index contributed by atoms with van der Waals surface area (Å²) in [6.07, 6.45) is 3.56. The average molecular weight is 318 g/mol. The molecule has 2 rings (SSSR count). The number of halogens is 2. The van der Waals surface area contributed by atoms with Crippen LogP contribution in [-0.2, 0) is 6.42 Å². The van der Waals surface area contributed by atoms with Gasteiger partial charge in [0, 0.05) is 15.8 Å². The summed E-state index contributed by atoms with van der Waals surface area (Å²) >= 11 is 5.49. The number of benzene rings is 1. The molecule has 2 atom stereocenters. The highest BCUT2D eigenvalue weighted by Gasteiger charge is 2.25. The van der Waals surface area contributed by atoms with Crippen LogP contribution in [0.1, 0.15) is 18.4 Å². The van der Waals surface area contributed by atoms with E-state index in [2.05, 4.69) is 33.0 Å². The third kappa shape index (κ3) is 3.46. The Bertz CT molecular complexity index is 380. The SMILES string of the molecule is CNC(Cc1ccc(F)cc1Br)C1CCCS1. The van der Waals surface area contributed by atoms with E-state index in [9.17, 15) is 4.39 Å². The van der Waals surface area contributed by atoms with Gasteiger partial charge in [-0.25, -0.2) is 4.39 Å². The first-order valence-corrected chi connectivity index (χ1v) is 7.77. The fourth-order valence-corrected chi connectivity index (χ4v) is 4.21. The quantitative estimate of drug-likeness (QED) is 0.910. The van der Waals surface area contributed by atoms with Crippen molar-refractivity contribution in [1.82, 2.24) is 5.32 Å². The summed E-state index contributed by atoms with van der Waals surface area (Å²) in [5, 5.41) is 4.09. The van der Waals surface area contributed by atoms with Crippen molar-refractivity contribution >= 4 is 27.7 Å². The van der Waals surface area contributed by atoms with Gasteiger partial charge in [0.1, 0.15) is 5.82 Å². The predicted octanol–water partition coefficient (Wildman–Crippen LogP) is 3.61. The van der Waals surface area contributed by atoms with Gasteiger partial charge >= 0.3 is 0 Å². The molecule has 0 aromatic heterocycles. The molecule has 1 aromatic carbocycles. The van der Waals surface area contributed by atoms with Crippen LogP contribution in [0.15, 0.2) is 22.7 Å². The Kier molecular flexibility index (Phi) is 4.88. The molecule has 0 aliphatic carbocycles. The zero-order chi connectivity index (χ0) is 12.3. The van der Waals surface area contributed by atoms with Gasteiger partial charge in [-0.2, -0.15) is 11.8 Å². The van der Waals surface area contributed by atoms with E-state index >= 15 is 0 Å². The largest absolute Gasteiger partial charge is 0.316 e. The summed E-state index contributed by atoms with van der Waals surface area (Å²) in [6.45, 7) is 0. The van der Waals surface area contributed by atoms with Crippen molar-refractivity contribution in [2.75, 3.05) is 12.8 Å². The van der Waals surface area contributed by atoms with Crippen molar-refractivity contribution in [3.8, 4) is 0 Å². The smallest absolute Gasteiger partial charge is 0.124 e. The van der Waals surface area contributed by atoms with Crippen molar-refractivity contribution in [1.29, 1.82) is 0 Å². The zero-order valence-electron chi connectivity index (χ0n) is 9.88. The highest BCUT2D eigenvalue weighted by molar-refractivity contribution is 9.10. The second kappa shape index (κ2) is 6.21. The highest BCUT2D eigenvalue weighted by Crippen LogP contribution is 2.31. The maximum Gasteiger partial charge on any atom is 0.124 e. The van der Waals surface area contributed by atoms with E-state index in [0.717, 1.165) is 10.9 Å².